The quantitative estimate of drug-likeness (QED) is 0.542. The highest BCUT2D eigenvalue weighted by Crippen LogP contribution is 2.36. The second-order valence-corrected chi connectivity index (χ2v) is 5.13. The maximum Gasteiger partial charge on any atom is 0.416 e. The van der Waals surface area contributed by atoms with E-state index in [1.807, 2.05) is 0 Å². The molecule has 0 aromatic heterocycles. The standard InChI is InChI=1S/C19H11F6N/c1-26-17-8-4-7-13(11-17)5-2-3-6-14-9-15(18(20,21)22)12-16(10-14)19(23,24)25/h4,7-12,26H,1H3. The molecule has 0 amide bonds. The highest BCUT2D eigenvalue weighted by molar-refractivity contribution is 5.52. The molecule has 0 unspecified atom stereocenters. The number of hydrogen-bond donors (Lipinski definition) is 1. The average molecular weight is 367 g/mol. The van der Waals surface area contributed by atoms with Crippen LogP contribution in [0.4, 0.5) is 32.0 Å². The Hall–Kier alpha value is -3.06. The molecule has 0 heterocycles. The van der Waals surface area contributed by atoms with Crippen LogP contribution in [0, 0.1) is 23.7 Å². The summed E-state index contributed by atoms with van der Waals surface area (Å²) in [6, 6.07) is 8.14. The first-order chi connectivity index (χ1) is 12.1. The van der Waals surface area contributed by atoms with Crippen LogP contribution in [0.25, 0.3) is 0 Å². The van der Waals surface area contributed by atoms with Gasteiger partial charge in [-0.05, 0) is 48.2 Å². The van der Waals surface area contributed by atoms with E-state index in [0.717, 1.165) is 5.69 Å². The molecule has 1 nitrogen and oxygen atoms in total. The van der Waals surface area contributed by atoms with E-state index in [1.165, 1.54) is 0 Å². The third-order valence-corrected chi connectivity index (χ3v) is 3.22. The molecule has 0 saturated carbocycles. The van der Waals surface area contributed by atoms with Gasteiger partial charge in [-0.3, -0.25) is 0 Å². The molecular formula is C19H11F6N. The Morgan fingerprint density at radius 1 is 0.731 bits per heavy atom. The highest BCUT2D eigenvalue weighted by atomic mass is 19.4. The van der Waals surface area contributed by atoms with Crippen molar-refractivity contribution in [1.82, 2.24) is 0 Å². The maximum atomic E-state index is 12.8. The Bertz CT molecular complexity index is 885. The SMILES string of the molecule is CNc1cccc(C#CC#Cc2cc(C(F)(F)F)cc(C(F)(F)F)c2)c1. The molecule has 0 spiro atoms. The molecule has 0 fully saturated rings. The van der Waals surface area contributed by atoms with Crippen LogP contribution in [0.2, 0.25) is 0 Å². The van der Waals surface area contributed by atoms with Gasteiger partial charge < -0.3 is 5.32 Å². The fourth-order valence-corrected chi connectivity index (χ4v) is 1.99. The third-order valence-electron chi connectivity index (χ3n) is 3.22. The predicted molar refractivity (Wildman–Crippen MR) is 86.2 cm³/mol. The van der Waals surface area contributed by atoms with Crippen LogP contribution < -0.4 is 5.32 Å². The number of anilines is 1. The van der Waals surface area contributed by atoms with Crippen molar-refractivity contribution < 1.29 is 26.3 Å². The van der Waals surface area contributed by atoms with Crippen LogP contribution in [0.15, 0.2) is 42.5 Å². The molecule has 2 aromatic carbocycles. The van der Waals surface area contributed by atoms with Crippen LogP contribution in [0.3, 0.4) is 0 Å². The number of nitrogens with one attached hydrogen (secondary N) is 1. The number of hydrogen-bond acceptors (Lipinski definition) is 1. The van der Waals surface area contributed by atoms with E-state index >= 15 is 0 Å². The van der Waals surface area contributed by atoms with Crippen molar-refractivity contribution in [1.29, 1.82) is 0 Å². The van der Waals surface area contributed by atoms with Gasteiger partial charge in [0.15, 0.2) is 0 Å². The van der Waals surface area contributed by atoms with Crippen molar-refractivity contribution in [2.75, 3.05) is 12.4 Å². The normalized spacial score (nSPS) is 11.0. The van der Waals surface area contributed by atoms with Crippen LogP contribution in [-0.4, -0.2) is 7.05 Å². The minimum atomic E-state index is -4.91. The Morgan fingerprint density at radius 3 is 1.77 bits per heavy atom. The van der Waals surface area contributed by atoms with Crippen LogP contribution in [0.1, 0.15) is 22.3 Å². The molecule has 134 valence electrons. The van der Waals surface area contributed by atoms with E-state index in [9.17, 15) is 26.3 Å². The summed E-state index contributed by atoms with van der Waals surface area (Å²) in [6.07, 6.45) is -9.81. The molecule has 7 heteroatoms. The Labute approximate surface area is 146 Å². The van der Waals surface area contributed by atoms with Crippen LogP contribution in [-0.2, 0) is 12.4 Å². The van der Waals surface area contributed by atoms with Gasteiger partial charge in [0.1, 0.15) is 0 Å². The molecule has 0 atom stereocenters. The van der Waals surface area contributed by atoms with Gasteiger partial charge in [-0.15, -0.1) is 0 Å². The summed E-state index contributed by atoms with van der Waals surface area (Å²) in [6.45, 7) is 0. The first-order valence-corrected chi connectivity index (χ1v) is 7.19. The van der Waals surface area contributed by atoms with Gasteiger partial charge in [-0.25, -0.2) is 0 Å². The fraction of sp³-hybridized carbons (Fsp3) is 0.158. The molecule has 0 aliphatic heterocycles. The molecule has 0 aliphatic rings. The molecule has 0 bridgehead atoms. The topological polar surface area (TPSA) is 12.0 Å². The van der Waals surface area contributed by atoms with E-state index in [2.05, 4.69) is 29.0 Å². The van der Waals surface area contributed by atoms with Crippen LogP contribution in [0.5, 0.6) is 0 Å². The average Bonchev–Trinajstić information content (AvgIpc) is 2.57. The first kappa shape index (κ1) is 19.3. The lowest BCUT2D eigenvalue weighted by Crippen LogP contribution is -2.11. The fourth-order valence-electron chi connectivity index (χ4n) is 1.99. The zero-order valence-corrected chi connectivity index (χ0v) is 13.3. The zero-order chi connectivity index (χ0) is 19.4. The van der Waals surface area contributed by atoms with Gasteiger partial charge in [0.2, 0.25) is 0 Å². The van der Waals surface area contributed by atoms with Gasteiger partial charge in [-0.2, -0.15) is 26.3 Å². The van der Waals surface area contributed by atoms with Gasteiger partial charge in [0, 0.05) is 23.9 Å². The van der Waals surface area contributed by atoms with Crippen molar-refractivity contribution in [3.63, 3.8) is 0 Å². The molecule has 1 N–H and O–H groups in total. The summed E-state index contributed by atoms with van der Waals surface area (Å²) >= 11 is 0. The van der Waals surface area contributed by atoms with E-state index < -0.39 is 29.0 Å². The number of alkyl halides is 6. The monoisotopic (exact) mass is 367 g/mol. The van der Waals surface area contributed by atoms with Gasteiger partial charge in [0.05, 0.1) is 11.1 Å². The summed E-state index contributed by atoms with van der Waals surface area (Å²) < 4.78 is 76.6. The van der Waals surface area contributed by atoms with Crippen molar-refractivity contribution in [2.24, 2.45) is 0 Å². The van der Waals surface area contributed by atoms with Gasteiger partial charge in [0.25, 0.3) is 0 Å². The van der Waals surface area contributed by atoms with Crippen molar-refractivity contribution >= 4 is 5.69 Å². The minimum Gasteiger partial charge on any atom is -0.388 e. The summed E-state index contributed by atoms with van der Waals surface area (Å²) in [4.78, 5) is 0. The Morgan fingerprint density at radius 2 is 1.27 bits per heavy atom. The van der Waals surface area contributed by atoms with Crippen molar-refractivity contribution in [3.05, 3.63) is 64.7 Å². The molecule has 2 aromatic rings. The molecule has 0 aliphatic carbocycles. The Kier molecular flexibility index (Phi) is 5.52. The highest BCUT2D eigenvalue weighted by Gasteiger charge is 2.36. The van der Waals surface area contributed by atoms with Crippen molar-refractivity contribution in [3.8, 4) is 23.7 Å². The second kappa shape index (κ2) is 7.45. The molecular weight excluding hydrogens is 356 g/mol. The van der Waals surface area contributed by atoms with Crippen LogP contribution >= 0.6 is 0 Å². The van der Waals surface area contributed by atoms with Gasteiger partial charge >= 0.3 is 12.4 Å². The number of benzene rings is 2. The summed E-state index contributed by atoms with van der Waals surface area (Å²) in [5, 5.41) is 2.91. The van der Waals surface area contributed by atoms with E-state index in [0.29, 0.717) is 17.7 Å². The largest absolute Gasteiger partial charge is 0.416 e. The van der Waals surface area contributed by atoms with E-state index in [-0.39, 0.29) is 6.07 Å². The minimum absolute atomic E-state index is 0.0557. The second-order valence-electron chi connectivity index (χ2n) is 5.13. The number of halogens is 6. The lowest BCUT2D eigenvalue weighted by Gasteiger charge is -2.12. The zero-order valence-electron chi connectivity index (χ0n) is 13.3. The molecule has 0 radical (unpaired) electrons. The molecule has 0 saturated heterocycles. The lowest BCUT2D eigenvalue weighted by molar-refractivity contribution is -0.143. The predicted octanol–water partition coefficient (Wildman–Crippen LogP) is 5.17. The summed E-state index contributed by atoms with van der Waals surface area (Å²) in [7, 11) is 1.72. The van der Waals surface area contributed by atoms with Crippen molar-refractivity contribution in [2.45, 2.75) is 12.4 Å². The maximum absolute atomic E-state index is 12.8. The molecule has 26 heavy (non-hydrogen) atoms. The number of rotatable bonds is 1. The smallest absolute Gasteiger partial charge is 0.388 e. The van der Waals surface area contributed by atoms with E-state index in [1.54, 1.807) is 31.3 Å². The summed E-state index contributed by atoms with van der Waals surface area (Å²) in [5.74, 6) is 9.60. The lowest BCUT2D eigenvalue weighted by atomic mass is 10.0. The first-order valence-electron chi connectivity index (χ1n) is 7.19. The Balaban J connectivity index is 2.36. The summed E-state index contributed by atoms with van der Waals surface area (Å²) in [5.41, 5.74) is -1.83. The van der Waals surface area contributed by atoms with Gasteiger partial charge in [-0.1, -0.05) is 17.9 Å². The molecule has 2 rings (SSSR count). The van der Waals surface area contributed by atoms with E-state index in [4.69, 9.17) is 0 Å². The third kappa shape index (κ3) is 5.22.